The van der Waals surface area contributed by atoms with Crippen LogP contribution in [0.1, 0.15) is 28.9 Å². The van der Waals surface area contributed by atoms with Crippen molar-refractivity contribution in [3.05, 3.63) is 65.3 Å². The molecule has 2 aromatic heterocycles. The van der Waals surface area contributed by atoms with Crippen LogP contribution in [0.5, 0.6) is 0 Å². The number of benzene rings is 1. The van der Waals surface area contributed by atoms with Crippen molar-refractivity contribution >= 4 is 29.9 Å². The Bertz CT molecular complexity index is 997. The van der Waals surface area contributed by atoms with Gasteiger partial charge >= 0.3 is 5.97 Å². The molecule has 28 heavy (non-hydrogen) atoms. The van der Waals surface area contributed by atoms with Crippen LogP contribution in [0.4, 0.5) is 0 Å². The zero-order chi connectivity index (χ0) is 19.5. The molecule has 0 radical (unpaired) electrons. The van der Waals surface area contributed by atoms with E-state index >= 15 is 0 Å². The van der Waals surface area contributed by atoms with Gasteiger partial charge in [0.1, 0.15) is 0 Å². The number of aromatic carboxylic acids is 1. The largest absolute Gasteiger partial charge is 0.476 e. The summed E-state index contributed by atoms with van der Waals surface area (Å²) in [6, 6.07) is 10.3. The van der Waals surface area contributed by atoms with E-state index in [1.165, 1.54) is 16.7 Å². The van der Waals surface area contributed by atoms with Crippen molar-refractivity contribution in [3.8, 4) is 16.4 Å². The number of thiol groups is 1. The van der Waals surface area contributed by atoms with Gasteiger partial charge in [-0.25, -0.2) is 14.5 Å². The highest BCUT2D eigenvalue weighted by atomic mass is 32.1. The van der Waals surface area contributed by atoms with Crippen molar-refractivity contribution in [3.63, 3.8) is 0 Å². The van der Waals surface area contributed by atoms with Crippen LogP contribution in [0.2, 0.25) is 0 Å². The van der Waals surface area contributed by atoms with Crippen molar-refractivity contribution in [1.29, 1.82) is 0 Å². The fraction of sp³-hybridized carbons (Fsp3) is 0.250. The molecule has 144 valence electrons. The molecule has 2 N–H and O–H groups in total. The Morgan fingerprint density at radius 2 is 2.11 bits per heavy atom. The predicted octanol–water partition coefficient (Wildman–Crippen LogP) is 3.80. The first-order chi connectivity index (χ1) is 13.6. The number of nitrogens with zero attached hydrogens (tertiary/aromatic N) is 3. The fourth-order valence-corrected chi connectivity index (χ4v) is 4.13. The summed E-state index contributed by atoms with van der Waals surface area (Å²) < 4.78 is 1.66. The maximum absolute atomic E-state index is 11.1. The molecular weight excluding hydrogens is 392 g/mol. The maximum atomic E-state index is 11.1. The SMILES string of the molecule is O=C(O)c1csc(-n2cc(CNC3C=CC(S)CC3)c(-c3ccccc3)n2)n1. The molecule has 2 heterocycles. The summed E-state index contributed by atoms with van der Waals surface area (Å²) in [6.45, 7) is 0.660. The third-order valence-electron chi connectivity index (χ3n) is 4.64. The molecule has 0 spiro atoms. The lowest BCUT2D eigenvalue weighted by Gasteiger charge is -2.21. The Labute approximate surface area is 172 Å². The Kier molecular flexibility index (Phi) is 5.61. The highest BCUT2D eigenvalue weighted by molar-refractivity contribution is 7.81. The molecule has 1 aliphatic carbocycles. The molecule has 0 amide bonds. The highest BCUT2D eigenvalue weighted by Gasteiger charge is 2.18. The number of carboxylic acids is 1. The van der Waals surface area contributed by atoms with Crippen molar-refractivity contribution in [2.45, 2.75) is 30.7 Å². The molecule has 2 unspecified atom stereocenters. The summed E-state index contributed by atoms with van der Waals surface area (Å²) in [5.41, 5.74) is 2.96. The monoisotopic (exact) mass is 412 g/mol. The minimum atomic E-state index is -1.04. The van der Waals surface area contributed by atoms with Crippen LogP contribution in [0.25, 0.3) is 16.4 Å². The molecule has 3 aromatic rings. The maximum Gasteiger partial charge on any atom is 0.355 e. The second kappa shape index (κ2) is 8.30. The molecule has 1 aliphatic rings. The summed E-state index contributed by atoms with van der Waals surface area (Å²) in [5.74, 6) is -1.04. The van der Waals surface area contributed by atoms with E-state index in [-0.39, 0.29) is 5.69 Å². The van der Waals surface area contributed by atoms with Gasteiger partial charge in [-0.1, -0.05) is 42.5 Å². The van der Waals surface area contributed by atoms with Crippen molar-refractivity contribution in [1.82, 2.24) is 20.1 Å². The second-order valence-corrected chi connectivity index (χ2v) is 8.15. The molecule has 0 fully saturated rings. The Hall–Kier alpha value is -2.42. The number of hydrogen-bond acceptors (Lipinski definition) is 6. The first kappa shape index (κ1) is 18.9. The zero-order valence-electron chi connectivity index (χ0n) is 15.0. The Morgan fingerprint density at radius 1 is 1.29 bits per heavy atom. The van der Waals surface area contributed by atoms with Crippen LogP contribution in [0.15, 0.2) is 54.1 Å². The summed E-state index contributed by atoms with van der Waals surface area (Å²) in [7, 11) is 0. The smallest absolute Gasteiger partial charge is 0.355 e. The van der Waals surface area contributed by atoms with Crippen molar-refractivity contribution in [2.75, 3.05) is 0 Å². The number of carboxylic acid groups (broad SMARTS) is 1. The minimum absolute atomic E-state index is 0.0325. The molecule has 1 aromatic carbocycles. The van der Waals surface area contributed by atoms with Gasteiger partial charge in [0, 0.05) is 40.5 Å². The van der Waals surface area contributed by atoms with Crippen LogP contribution >= 0.6 is 24.0 Å². The second-order valence-electron chi connectivity index (χ2n) is 6.65. The van der Waals surface area contributed by atoms with Gasteiger partial charge in [-0.05, 0) is 12.8 Å². The predicted molar refractivity (Wildman–Crippen MR) is 113 cm³/mol. The van der Waals surface area contributed by atoms with E-state index in [1.54, 1.807) is 4.68 Å². The van der Waals surface area contributed by atoms with Crippen LogP contribution < -0.4 is 5.32 Å². The van der Waals surface area contributed by atoms with Crippen LogP contribution in [-0.2, 0) is 6.54 Å². The molecule has 0 bridgehead atoms. The van der Waals surface area contributed by atoms with Crippen LogP contribution in [-0.4, -0.2) is 37.1 Å². The lowest BCUT2D eigenvalue weighted by molar-refractivity contribution is 0.0691. The van der Waals surface area contributed by atoms with E-state index in [2.05, 4.69) is 35.1 Å². The summed E-state index contributed by atoms with van der Waals surface area (Å²) >= 11 is 5.75. The van der Waals surface area contributed by atoms with Gasteiger partial charge in [0.15, 0.2) is 5.69 Å². The van der Waals surface area contributed by atoms with E-state index in [1.807, 2.05) is 36.5 Å². The number of rotatable bonds is 6. The van der Waals surface area contributed by atoms with Crippen molar-refractivity contribution in [2.24, 2.45) is 0 Å². The number of hydrogen-bond donors (Lipinski definition) is 3. The topological polar surface area (TPSA) is 80.0 Å². The van der Waals surface area contributed by atoms with Gasteiger partial charge in [0.25, 0.3) is 0 Å². The lowest BCUT2D eigenvalue weighted by Crippen LogP contribution is -2.29. The quantitative estimate of drug-likeness (QED) is 0.424. The van der Waals surface area contributed by atoms with Gasteiger partial charge in [0.2, 0.25) is 5.13 Å². The molecule has 0 aliphatic heterocycles. The van der Waals surface area contributed by atoms with Gasteiger partial charge in [-0.15, -0.1) is 11.3 Å². The summed E-state index contributed by atoms with van der Waals surface area (Å²) in [6.07, 6.45) is 8.34. The van der Waals surface area contributed by atoms with Gasteiger partial charge in [-0.2, -0.15) is 17.7 Å². The summed E-state index contributed by atoms with van der Waals surface area (Å²) in [4.78, 5) is 15.3. The highest BCUT2D eigenvalue weighted by Crippen LogP contribution is 2.25. The van der Waals surface area contributed by atoms with Gasteiger partial charge in [0.05, 0.1) is 5.69 Å². The van der Waals surface area contributed by atoms with Gasteiger partial charge < -0.3 is 10.4 Å². The fourth-order valence-electron chi connectivity index (χ4n) is 3.16. The Morgan fingerprint density at radius 3 is 2.79 bits per heavy atom. The van der Waals surface area contributed by atoms with E-state index in [0.29, 0.717) is 23.0 Å². The molecule has 2 atom stereocenters. The average Bonchev–Trinajstić information content (AvgIpc) is 3.36. The minimum Gasteiger partial charge on any atom is -0.476 e. The lowest BCUT2D eigenvalue weighted by atomic mass is 10.0. The molecule has 6 nitrogen and oxygen atoms in total. The van der Waals surface area contributed by atoms with E-state index in [9.17, 15) is 4.79 Å². The standard InChI is InChI=1S/C20H20N4O2S2/c25-19(26)17-12-28-20(22-17)24-11-14(10-21-15-6-8-16(27)9-7-15)18(23-24)13-4-2-1-3-5-13/h1-6,8,11-12,15-16,21,27H,7,9-10H2,(H,25,26). The number of thiazole rings is 1. The van der Waals surface area contributed by atoms with Crippen LogP contribution in [0, 0.1) is 0 Å². The number of nitrogens with one attached hydrogen (secondary N) is 1. The van der Waals surface area contributed by atoms with Crippen molar-refractivity contribution < 1.29 is 9.90 Å². The normalized spacial score (nSPS) is 19.0. The first-order valence-corrected chi connectivity index (χ1v) is 10.4. The van der Waals surface area contributed by atoms with E-state index in [4.69, 9.17) is 10.2 Å². The third kappa shape index (κ3) is 4.19. The molecule has 0 saturated carbocycles. The van der Waals surface area contributed by atoms with E-state index < -0.39 is 5.97 Å². The number of carbonyl (C=O) groups is 1. The van der Waals surface area contributed by atoms with Crippen LogP contribution in [0.3, 0.4) is 0 Å². The third-order valence-corrected chi connectivity index (χ3v) is 5.90. The Balaban J connectivity index is 1.62. The average molecular weight is 413 g/mol. The van der Waals surface area contributed by atoms with E-state index in [0.717, 1.165) is 29.7 Å². The first-order valence-electron chi connectivity index (χ1n) is 9.03. The number of aromatic nitrogens is 3. The van der Waals surface area contributed by atoms with Gasteiger partial charge in [-0.3, -0.25) is 0 Å². The summed E-state index contributed by atoms with van der Waals surface area (Å²) in [5, 5.41) is 19.8. The zero-order valence-corrected chi connectivity index (χ0v) is 16.7. The molecule has 4 rings (SSSR count). The molecule has 0 saturated heterocycles. The molecular formula is C20H20N4O2S2. The molecule has 8 heteroatoms.